The average Bonchev–Trinajstić information content (AvgIpc) is 2.69. The van der Waals surface area contributed by atoms with Gasteiger partial charge in [0.25, 0.3) is 5.92 Å². The number of furan rings is 1. The molecule has 1 aliphatic rings. The Kier molecular flexibility index (Phi) is 2.17. The first-order valence-electron chi connectivity index (χ1n) is 5.76. The maximum atomic E-state index is 13.1. The lowest BCUT2D eigenvalue weighted by atomic mass is 10.1. The van der Waals surface area contributed by atoms with Crippen LogP contribution in [0, 0.1) is 6.92 Å². The fourth-order valence-electron chi connectivity index (χ4n) is 2.02. The van der Waals surface area contributed by atoms with Crippen LogP contribution < -0.4 is 5.73 Å². The van der Waals surface area contributed by atoms with E-state index >= 15 is 0 Å². The summed E-state index contributed by atoms with van der Waals surface area (Å²) in [4.78, 5) is 0. The number of nitrogens with two attached hydrogens (primary N) is 1. The lowest BCUT2D eigenvalue weighted by Gasteiger charge is -2.06. The van der Waals surface area contributed by atoms with Crippen LogP contribution in [0.2, 0.25) is 0 Å². The van der Waals surface area contributed by atoms with E-state index in [9.17, 15) is 8.78 Å². The molecule has 4 heteroatoms. The first kappa shape index (κ1) is 11.4. The summed E-state index contributed by atoms with van der Waals surface area (Å²) in [6.07, 6.45) is -0.346. The molecule has 1 saturated carbocycles. The van der Waals surface area contributed by atoms with Crippen molar-refractivity contribution in [3.63, 3.8) is 0 Å². The van der Waals surface area contributed by atoms with Crippen LogP contribution in [0.15, 0.2) is 40.8 Å². The van der Waals surface area contributed by atoms with E-state index in [4.69, 9.17) is 10.2 Å². The Balaban J connectivity index is 1.93. The summed E-state index contributed by atoms with van der Waals surface area (Å²) < 4.78 is 31.8. The highest BCUT2D eigenvalue weighted by atomic mass is 19.3. The number of aryl methyl sites for hydroxylation is 1. The molecule has 1 fully saturated rings. The zero-order valence-corrected chi connectivity index (χ0v) is 9.91. The van der Waals surface area contributed by atoms with Crippen molar-refractivity contribution in [2.45, 2.75) is 24.8 Å². The van der Waals surface area contributed by atoms with Gasteiger partial charge in [-0.05, 0) is 19.1 Å². The van der Waals surface area contributed by atoms with Gasteiger partial charge < -0.3 is 10.2 Å². The van der Waals surface area contributed by atoms with E-state index in [1.165, 1.54) is 6.07 Å². The molecule has 0 radical (unpaired) electrons. The number of hydrogen-bond acceptors (Lipinski definition) is 2. The zero-order chi connectivity index (χ0) is 13.0. The Morgan fingerprint density at radius 3 is 2.28 bits per heavy atom. The van der Waals surface area contributed by atoms with Crippen molar-refractivity contribution in [3.8, 4) is 11.3 Å². The van der Waals surface area contributed by atoms with Crippen LogP contribution >= 0.6 is 0 Å². The first-order chi connectivity index (χ1) is 8.42. The Labute approximate surface area is 103 Å². The van der Waals surface area contributed by atoms with Crippen molar-refractivity contribution in [3.05, 3.63) is 47.7 Å². The van der Waals surface area contributed by atoms with Crippen molar-refractivity contribution < 1.29 is 13.2 Å². The van der Waals surface area contributed by atoms with Gasteiger partial charge in [0.15, 0.2) is 0 Å². The zero-order valence-electron chi connectivity index (χ0n) is 9.91. The molecule has 0 spiro atoms. The van der Waals surface area contributed by atoms with Crippen molar-refractivity contribution in [1.29, 1.82) is 0 Å². The summed E-state index contributed by atoms with van der Waals surface area (Å²) in [6, 6.07) is 10.9. The molecule has 94 valence electrons. The van der Waals surface area contributed by atoms with E-state index in [0.717, 1.165) is 11.1 Å². The van der Waals surface area contributed by atoms with Gasteiger partial charge in [0.1, 0.15) is 17.1 Å². The summed E-state index contributed by atoms with van der Waals surface area (Å²) in [7, 11) is 0. The van der Waals surface area contributed by atoms with Crippen LogP contribution in [0.5, 0.6) is 0 Å². The van der Waals surface area contributed by atoms with Gasteiger partial charge in [-0.3, -0.25) is 0 Å². The monoisotopic (exact) mass is 249 g/mol. The fraction of sp³-hybridized carbons (Fsp3) is 0.286. The lowest BCUT2D eigenvalue weighted by molar-refractivity contribution is 0.0836. The van der Waals surface area contributed by atoms with Gasteiger partial charge in [-0.1, -0.05) is 29.8 Å². The van der Waals surface area contributed by atoms with Gasteiger partial charge in [0, 0.05) is 12.0 Å². The van der Waals surface area contributed by atoms with Crippen LogP contribution in [0.3, 0.4) is 0 Å². The molecule has 0 aliphatic heterocycles. The fourth-order valence-corrected chi connectivity index (χ4v) is 2.02. The Bertz CT molecular complexity index is 588. The molecular formula is C14H13F2NO. The summed E-state index contributed by atoms with van der Waals surface area (Å²) in [5, 5.41) is 0. The largest absolute Gasteiger partial charge is 0.459 e. The van der Waals surface area contributed by atoms with Crippen molar-refractivity contribution >= 4 is 0 Å². The summed E-state index contributed by atoms with van der Waals surface area (Å²) in [5.74, 6) is -2.13. The summed E-state index contributed by atoms with van der Waals surface area (Å²) in [6.45, 7) is 1.98. The molecule has 1 aliphatic carbocycles. The highest BCUT2D eigenvalue weighted by molar-refractivity contribution is 5.58. The average molecular weight is 249 g/mol. The number of benzene rings is 1. The molecule has 1 atom stereocenters. The maximum Gasteiger partial charge on any atom is 0.275 e. The molecule has 0 amide bonds. The molecule has 1 aromatic carbocycles. The van der Waals surface area contributed by atoms with Crippen LogP contribution in [0.4, 0.5) is 8.78 Å². The highest BCUT2D eigenvalue weighted by Gasteiger charge is 2.72. The number of halogens is 2. The predicted octanol–water partition coefficient (Wildman–Crippen LogP) is 3.45. The van der Waals surface area contributed by atoms with E-state index in [2.05, 4.69) is 0 Å². The second-order valence-electron chi connectivity index (χ2n) is 4.88. The minimum atomic E-state index is -2.85. The van der Waals surface area contributed by atoms with Crippen molar-refractivity contribution in [2.75, 3.05) is 0 Å². The van der Waals surface area contributed by atoms with Gasteiger partial charge in [0.05, 0.1) is 0 Å². The van der Waals surface area contributed by atoms with E-state index in [-0.39, 0.29) is 12.2 Å². The highest BCUT2D eigenvalue weighted by Crippen LogP contribution is 2.58. The summed E-state index contributed by atoms with van der Waals surface area (Å²) in [5.41, 5.74) is 6.00. The number of rotatable bonds is 2. The molecule has 2 nitrogen and oxygen atoms in total. The van der Waals surface area contributed by atoms with Crippen molar-refractivity contribution in [1.82, 2.24) is 0 Å². The topological polar surface area (TPSA) is 39.2 Å². The van der Waals surface area contributed by atoms with Crippen LogP contribution in [0.25, 0.3) is 11.3 Å². The minimum Gasteiger partial charge on any atom is -0.459 e. The summed E-state index contributed by atoms with van der Waals surface area (Å²) >= 11 is 0. The molecule has 18 heavy (non-hydrogen) atoms. The lowest BCUT2D eigenvalue weighted by Crippen LogP contribution is -2.26. The number of hydrogen-bond donors (Lipinski definition) is 1. The molecule has 1 heterocycles. The van der Waals surface area contributed by atoms with Gasteiger partial charge >= 0.3 is 0 Å². The molecule has 1 aromatic heterocycles. The standard InChI is InChI=1S/C14H13F2NO/c1-9-2-4-10(5-3-9)11-6-7-12(18-11)13(17)8-14(13,15)16/h2-7H,8,17H2,1H3. The SMILES string of the molecule is Cc1ccc(-c2ccc(C3(N)CC3(F)F)o2)cc1. The maximum absolute atomic E-state index is 13.1. The number of alkyl halides is 2. The molecule has 2 N–H and O–H groups in total. The van der Waals surface area contributed by atoms with Crippen molar-refractivity contribution in [2.24, 2.45) is 5.73 Å². The Morgan fingerprint density at radius 2 is 1.72 bits per heavy atom. The van der Waals surface area contributed by atoms with E-state index in [1.54, 1.807) is 6.07 Å². The van der Waals surface area contributed by atoms with Crippen LogP contribution in [-0.4, -0.2) is 5.92 Å². The quantitative estimate of drug-likeness (QED) is 0.885. The third-order valence-corrected chi connectivity index (χ3v) is 3.41. The molecule has 0 bridgehead atoms. The molecule has 0 saturated heterocycles. The second kappa shape index (κ2) is 3.42. The molecule has 2 aromatic rings. The molecule has 1 unspecified atom stereocenters. The van der Waals surface area contributed by atoms with E-state index in [1.807, 2.05) is 31.2 Å². The predicted molar refractivity (Wildman–Crippen MR) is 64.3 cm³/mol. The third-order valence-electron chi connectivity index (χ3n) is 3.41. The molecule has 3 rings (SSSR count). The Hall–Kier alpha value is -1.68. The van der Waals surface area contributed by atoms with E-state index < -0.39 is 11.5 Å². The van der Waals surface area contributed by atoms with Gasteiger partial charge in [-0.15, -0.1) is 0 Å². The van der Waals surface area contributed by atoms with Crippen LogP contribution in [0.1, 0.15) is 17.7 Å². The van der Waals surface area contributed by atoms with E-state index in [0.29, 0.717) is 5.76 Å². The Morgan fingerprint density at radius 1 is 1.11 bits per heavy atom. The smallest absolute Gasteiger partial charge is 0.275 e. The second-order valence-corrected chi connectivity index (χ2v) is 4.88. The van der Waals surface area contributed by atoms with Gasteiger partial charge in [0.2, 0.25) is 0 Å². The third kappa shape index (κ3) is 1.56. The normalized spacial score (nSPS) is 25.1. The van der Waals surface area contributed by atoms with Crippen LogP contribution in [-0.2, 0) is 5.54 Å². The minimum absolute atomic E-state index is 0.156. The van der Waals surface area contributed by atoms with Gasteiger partial charge in [-0.25, -0.2) is 8.78 Å². The first-order valence-corrected chi connectivity index (χ1v) is 5.76. The molecular weight excluding hydrogens is 236 g/mol. The van der Waals surface area contributed by atoms with Gasteiger partial charge in [-0.2, -0.15) is 0 Å².